The average molecular weight is 463 g/mol. The lowest BCUT2D eigenvalue weighted by Gasteiger charge is -2.14. The van der Waals surface area contributed by atoms with E-state index in [1.54, 1.807) is 6.07 Å². The third kappa shape index (κ3) is 4.38. The van der Waals surface area contributed by atoms with Gasteiger partial charge in [-0.3, -0.25) is 10.1 Å². The van der Waals surface area contributed by atoms with Gasteiger partial charge in [0.25, 0.3) is 5.91 Å². The second-order valence-corrected chi connectivity index (χ2v) is 7.12. The lowest BCUT2D eigenvalue weighted by Crippen LogP contribution is -2.34. The van der Waals surface area contributed by atoms with Crippen LogP contribution in [0.5, 0.6) is 0 Å². The van der Waals surface area contributed by atoms with Gasteiger partial charge in [0.2, 0.25) is 0 Å². The highest BCUT2D eigenvalue weighted by atomic mass is 35.5. The molecule has 0 fully saturated rings. The van der Waals surface area contributed by atoms with E-state index in [1.807, 2.05) is 0 Å². The van der Waals surface area contributed by atoms with Gasteiger partial charge < -0.3 is 5.32 Å². The first-order chi connectivity index (χ1) is 11.2. The number of benzene rings is 2. The molecule has 0 unspecified atom stereocenters. The first kappa shape index (κ1) is 19.9. The van der Waals surface area contributed by atoms with Gasteiger partial charge in [-0.25, -0.2) is 0 Å². The zero-order valence-electron chi connectivity index (χ0n) is 11.4. The molecule has 0 aliphatic heterocycles. The van der Waals surface area contributed by atoms with E-state index in [9.17, 15) is 4.79 Å². The zero-order valence-corrected chi connectivity index (χ0v) is 16.7. The van der Waals surface area contributed by atoms with E-state index in [2.05, 4.69) is 10.6 Å². The van der Waals surface area contributed by atoms with Crippen molar-refractivity contribution in [1.29, 1.82) is 0 Å². The Morgan fingerprint density at radius 2 is 1.46 bits per heavy atom. The molecule has 0 saturated carbocycles. The van der Waals surface area contributed by atoms with Gasteiger partial charge in [0.1, 0.15) is 0 Å². The largest absolute Gasteiger partial charge is 0.331 e. The molecule has 0 spiro atoms. The van der Waals surface area contributed by atoms with Gasteiger partial charge in [-0.1, -0.05) is 75.7 Å². The molecule has 2 N–H and O–H groups in total. The van der Waals surface area contributed by atoms with Gasteiger partial charge in [-0.15, -0.1) is 0 Å². The fourth-order valence-electron chi connectivity index (χ4n) is 1.70. The number of nitrogens with one attached hydrogen (secondary N) is 2. The number of anilines is 1. The highest BCUT2D eigenvalue weighted by molar-refractivity contribution is 7.80. The first-order valence-electron chi connectivity index (χ1n) is 6.11. The van der Waals surface area contributed by atoms with Crippen LogP contribution in [0.1, 0.15) is 10.4 Å². The van der Waals surface area contributed by atoms with E-state index in [1.165, 1.54) is 18.2 Å². The molecular weight excluding hydrogens is 457 g/mol. The lowest BCUT2D eigenvalue weighted by atomic mass is 10.2. The second kappa shape index (κ2) is 8.28. The Morgan fingerprint density at radius 1 is 0.875 bits per heavy atom. The number of carbonyl (C=O) groups is 1. The van der Waals surface area contributed by atoms with Crippen LogP contribution in [0.4, 0.5) is 5.69 Å². The van der Waals surface area contributed by atoms with Crippen LogP contribution in [-0.4, -0.2) is 11.0 Å². The van der Waals surface area contributed by atoms with Crippen molar-refractivity contribution < 1.29 is 4.79 Å². The molecule has 0 bridgehead atoms. The first-order valence-corrected chi connectivity index (χ1v) is 8.79. The van der Waals surface area contributed by atoms with Gasteiger partial charge in [0.15, 0.2) is 5.11 Å². The molecule has 2 aromatic rings. The monoisotopic (exact) mass is 460 g/mol. The number of halogens is 6. The van der Waals surface area contributed by atoms with Crippen molar-refractivity contribution in [1.82, 2.24) is 5.32 Å². The summed E-state index contributed by atoms with van der Waals surface area (Å²) in [6.45, 7) is 0. The predicted octanol–water partition coefficient (Wildman–Crippen LogP) is 6.73. The summed E-state index contributed by atoms with van der Waals surface area (Å²) in [6.07, 6.45) is 0. The third-order valence-corrected chi connectivity index (χ3v) is 5.35. The molecule has 0 aliphatic carbocycles. The van der Waals surface area contributed by atoms with Crippen LogP contribution in [0.2, 0.25) is 30.1 Å². The smallest absolute Gasteiger partial charge is 0.260 e. The standard InChI is InChI=1S/C14H6Cl6N2OS/c15-5-2-1-3-6(16)9(5)13(23)22-14(24)21-8-4-7(17)10(18)12(20)11(8)19/h1-4H,(H2,21,22,23,24). The maximum Gasteiger partial charge on any atom is 0.260 e. The highest BCUT2D eigenvalue weighted by Gasteiger charge is 2.18. The van der Waals surface area contributed by atoms with E-state index in [-0.39, 0.29) is 46.5 Å². The van der Waals surface area contributed by atoms with Gasteiger partial charge in [0, 0.05) is 0 Å². The van der Waals surface area contributed by atoms with Gasteiger partial charge >= 0.3 is 0 Å². The Hall–Kier alpha value is -0.460. The Balaban J connectivity index is 2.19. The second-order valence-electron chi connectivity index (χ2n) is 4.35. The van der Waals surface area contributed by atoms with Crippen LogP contribution in [-0.2, 0) is 0 Å². The Morgan fingerprint density at radius 3 is 2.04 bits per heavy atom. The van der Waals surface area contributed by atoms with E-state index >= 15 is 0 Å². The van der Waals surface area contributed by atoms with Crippen molar-refractivity contribution in [2.75, 3.05) is 5.32 Å². The Labute approximate surface area is 173 Å². The Bertz CT molecular complexity index is 822. The average Bonchev–Trinajstić information content (AvgIpc) is 2.50. The summed E-state index contributed by atoms with van der Waals surface area (Å²) in [5, 5.41) is 5.96. The minimum Gasteiger partial charge on any atom is -0.331 e. The van der Waals surface area contributed by atoms with Gasteiger partial charge in [-0.2, -0.15) is 0 Å². The molecule has 24 heavy (non-hydrogen) atoms. The van der Waals surface area contributed by atoms with Crippen molar-refractivity contribution in [2.24, 2.45) is 0 Å². The maximum absolute atomic E-state index is 12.2. The van der Waals surface area contributed by atoms with E-state index in [0.29, 0.717) is 0 Å². The molecule has 0 radical (unpaired) electrons. The normalized spacial score (nSPS) is 10.4. The van der Waals surface area contributed by atoms with Crippen molar-refractivity contribution in [3.63, 3.8) is 0 Å². The summed E-state index contributed by atoms with van der Waals surface area (Å²) >= 11 is 40.9. The third-order valence-electron chi connectivity index (χ3n) is 2.77. The predicted molar refractivity (Wildman–Crippen MR) is 107 cm³/mol. The fraction of sp³-hybridized carbons (Fsp3) is 0. The number of amides is 1. The van der Waals surface area contributed by atoms with E-state index in [0.717, 1.165) is 0 Å². The zero-order chi connectivity index (χ0) is 18.0. The fourth-order valence-corrected chi connectivity index (χ4v) is 3.32. The summed E-state index contributed by atoms with van der Waals surface area (Å²) in [5.74, 6) is -0.578. The van der Waals surface area contributed by atoms with Crippen molar-refractivity contribution in [3.8, 4) is 0 Å². The maximum atomic E-state index is 12.2. The van der Waals surface area contributed by atoms with Crippen LogP contribution in [0.3, 0.4) is 0 Å². The molecule has 0 saturated heterocycles. The van der Waals surface area contributed by atoms with Crippen LogP contribution >= 0.6 is 81.8 Å². The van der Waals surface area contributed by atoms with Crippen LogP contribution in [0.15, 0.2) is 24.3 Å². The number of hydrogen-bond acceptors (Lipinski definition) is 2. The van der Waals surface area contributed by atoms with E-state index < -0.39 is 5.91 Å². The number of rotatable bonds is 2. The van der Waals surface area contributed by atoms with Crippen LogP contribution in [0.25, 0.3) is 0 Å². The van der Waals surface area contributed by atoms with Gasteiger partial charge in [-0.05, 0) is 30.4 Å². The molecule has 3 nitrogen and oxygen atoms in total. The quantitative estimate of drug-likeness (QED) is 0.295. The van der Waals surface area contributed by atoms with Crippen molar-refractivity contribution >= 4 is 98.5 Å². The Kier molecular flexibility index (Phi) is 6.85. The number of thiocarbonyl (C=S) groups is 1. The SMILES string of the molecule is O=C(NC(=S)Nc1cc(Cl)c(Cl)c(Cl)c1Cl)c1c(Cl)cccc1Cl. The minimum absolute atomic E-state index is 0.0488. The molecule has 0 heterocycles. The summed E-state index contributed by atoms with van der Waals surface area (Å²) in [4.78, 5) is 12.2. The van der Waals surface area contributed by atoms with Crippen LogP contribution < -0.4 is 10.6 Å². The summed E-state index contributed by atoms with van der Waals surface area (Å²) in [5.41, 5.74) is 0.384. The minimum atomic E-state index is -0.578. The highest BCUT2D eigenvalue weighted by Crippen LogP contribution is 2.40. The lowest BCUT2D eigenvalue weighted by molar-refractivity contribution is 0.0978. The molecule has 0 aliphatic rings. The molecule has 10 heteroatoms. The molecular formula is C14H6Cl6N2OS. The topological polar surface area (TPSA) is 41.1 Å². The molecule has 2 aromatic carbocycles. The molecule has 1 amide bonds. The molecule has 126 valence electrons. The van der Waals surface area contributed by atoms with Gasteiger partial charge in [0.05, 0.1) is 41.4 Å². The molecule has 0 aromatic heterocycles. The molecule has 0 atom stereocenters. The molecule has 2 rings (SSSR count). The number of carbonyl (C=O) groups excluding carboxylic acids is 1. The van der Waals surface area contributed by atoms with Crippen molar-refractivity contribution in [2.45, 2.75) is 0 Å². The van der Waals surface area contributed by atoms with Crippen LogP contribution in [0, 0.1) is 0 Å². The number of hydrogen-bond donors (Lipinski definition) is 2. The summed E-state index contributed by atoms with van der Waals surface area (Å²) in [6, 6.07) is 6.12. The summed E-state index contributed by atoms with van der Waals surface area (Å²) < 4.78 is 0. The summed E-state index contributed by atoms with van der Waals surface area (Å²) in [7, 11) is 0. The van der Waals surface area contributed by atoms with Crippen molar-refractivity contribution in [3.05, 3.63) is 60.0 Å². The van der Waals surface area contributed by atoms with E-state index in [4.69, 9.17) is 81.8 Å².